The highest BCUT2D eigenvalue weighted by atomic mass is 19.1. The molecule has 0 fully saturated rings. The minimum Gasteiger partial charge on any atom is -0.467 e. The molecule has 0 aromatic heterocycles. The first-order valence-corrected chi connectivity index (χ1v) is 7.94. The summed E-state index contributed by atoms with van der Waals surface area (Å²) in [6.45, 7) is 5.22. The van der Waals surface area contributed by atoms with Gasteiger partial charge in [0.25, 0.3) is 5.91 Å². The molecule has 0 saturated heterocycles. The Bertz CT molecular complexity index is 673. The first-order chi connectivity index (χ1) is 12.0. The van der Waals surface area contributed by atoms with Crippen LogP contribution in [-0.4, -0.2) is 43.3 Å². The number of methoxy groups -OCH3 is 1. The summed E-state index contributed by atoms with van der Waals surface area (Å²) in [5.74, 6) is -1.93. The van der Waals surface area contributed by atoms with Gasteiger partial charge in [-0.25, -0.2) is 14.0 Å². The summed E-state index contributed by atoms with van der Waals surface area (Å²) in [6.07, 6.45) is -0.575. The number of alkyl carbamates (subject to hydrolysis) is 1. The molecule has 0 aliphatic carbocycles. The van der Waals surface area contributed by atoms with Crippen molar-refractivity contribution in [1.29, 1.82) is 0 Å². The third-order valence-electron chi connectivity index (χ3n) is 3.15. The van der Waals surface area contributed by atoms with E-state index in [1.165, 1.54) is 13.2 Å². The standard InChI is InChI=1S/C17H24FN3O5/c1-17(2,3)26-16(24)20-8-7-13(15(23)25-4)21-14(22)11-6-5-10(18)9-12(11)19/h5-6,9,13H,7-8,19H2,1-4H3,(H,20,24)(H,21,22)/t13-/m0/s1. The van der Waals surface area contributed by atoms with Gasteiger partial charge in [-0.2, -0.15) is 0 Å². The van der Waals surface area contributed by atoms with E-state index in [0.717, 1.165) is 12.1 Å². The van der Waals surface area contributed by atoms with Crippen LogP contribution in [0.2, 0.25) is 0 Å². The highest BCUT2D eigenvalue weighted by Crippen LogP contribution is 2.14. The number of carbonyl (C=O) groups excluding carboxylic acids is 3. The maximum absolute atomic E-state index is 13.1. The number of amides is 2. The molecule has 144 valence electrons. The van der Waals surface area contributed by atoms with Gasteiger partial charge in [-0.05, 0) is 45.4 Å². The largest absolute Gasteiger partial charge is 0.467 e. The number of anilines is 1. The van der Waals surface area contributed by atoms with E-state index in [4.69, 9.17) is 10.5 Å². The molecule has 26 heavy (non-hydrogen) atoms. The van der Waals surface area contributed by atoms with Crippen LogP contribution in [0.25, 0.3) is 0 Å². The zero-order valence-corrected chi connectivity index (χ0v) is 15.2. The lowest BCUT2D eigenvalue weighted by molar-refractivity contribution is -0.143. The van der Waals surface area contributed by atoms with Gasteiger partial charge in [0.15, 0.2) is 0 Å². The predicted octanol–water partition coefficient (Wildman–Crippen LogP) is 1.59. The topological polar surface area (TPSA) is 120 Å². The van der Waals surface area contributed by atoms with Crippen molar-refractivity contribution in [3.05, 3.63) is 29.6 Å². The Morgan fingerprint density at radius 2 is 1.92 bits per heavy atom. The lowest BCUT2D eigenvalue weighted by Crippen LogP contribution is -2.44. The lowest BCUT2D eigenvalue weighted by atomic mass is 10.1. The Morgan fingerprint density at radius 3 is 2.46 bits per heavy atom. The number of rotatable bonds is 6. The van der Waals surface area contributed by atoms with E-state index in [9.17, 15) is 18.8 Å². The highest BCUT2D eigenvalue weighted by molar-refractivity contribution is 6.00. The van der Waals surface area contributed by atoms with Gasteiger partial charge in [0.2, 0.25) is 0 Å². The van der Waals surface area contributed by atoms with Crippen LogP contribution in [0, 0.1) is 5.82 Å². The van der Waals surface area contributed by atoms with E-state index in [1.807, 2.05) is 0 Å². The SMILES string of the molecule is COC(=O)[C@H](CCNC(=O)OC(C)(C)C)NC(=O)c1ccc(F)cc1N. The Kier molecular flexibility index (Phi) is 7.36. The van der Waals surface area contributed by atoms with Crippen LogP contribution in [0.1, 0.15) is 37.6 Å². The van der Waals surface area contributed by atoms with Crippen molar-refractivity contribution in [1.82, 2.24) is 10.6 Å². The number of nitrogens with one attached hydrogen (secondary N) is 2. The molecule has 0 radical (unpaired) electrons. The van der Waals surface area contributed by atoms with Crippen molar-refractivity contribution in [2.24, 2.45) is 0 Å². The summed E-state index contributed by atoms with van der Waals surface area (Å²) in [7, 11) is 1.18. The summed E-state index contributed by atoms with van der Waals surface area (Å²) in [6, 6.07) is 2.29. The molecule has 1 aromatic carbocycles. The fourth-order valence-electron chi connectivity index (χ4n) is 2.00. The van der Waals surface area contributed by atoms with Crippen molar-refractivity contribution in [2.45, 2.75) is 38.8 Å². The third kappa shape index (κ3) is 6.96. The monoisotopic (exact) mass is 369 g/mol. The predicted molar refractivity (Wildman–Crippen MR) is 92.9 cm³/mol. The second-order valence-corrected chi connectivity index (χ2v) is 6.50. The third-order valence-corrected chi connectivity index (χ3v) is 3.15. The minimum atomic E-state index is -1.02. The minimum absolute atomic E-state index is 0.0282. The summed E-state index contributed by atoms with van der Waals surface area (Å²) >= 11 is 0. The van der Waals surface area contributed by atoms with Crippen LogP contribution in [0.3, 0.4) is 0 Å². The number of nitrogen functional groups attached to an aromatic ring is 1. The Labute approximate surface area is 151 Å². The maximum atomic E-state index is 13.1. The van der Waals surface area contributed by atoms with Crippen LogP contribution in [0.4, 0.5) is 14.9 Å². The van der Waals surface area contributed by atoms with E-state index in [-0.39, 0.29) is 24.2 Å². The van der Waals surface area contributed by atoms with Gasteiger partial charge in [0.1, 0.15) is 17.5 Å². The van der Waals surface area contributed by atoms with Gasteiger partial charge in [-0.3, -0.25) is 4.79 Å². The summed E-state index contributed by atoms with van der Waals surface area (Å²) in [5.41, 5.74) is 4.93. The molecule has 0 heterocycles. The van der Waals surface area contributed by atoms with Gasteiger partial charge < -0.3 is 25.8 Å². The Hall–Kier alpha value is -2.84. The second-order valence-electron chi connectivity index (χ2n) is 6.50. The smallest absolute Gasteiger partial charge is 0.407 e. The molecule has 0 bridgehead atoms. The zero-order chi connectivity index (χ0) is 19.9. The summed E-state index contributed by atoms with van der Waals surface area (Å²) in [5, 5.41) is 4.94. The van der Waals surface area contributed by atoms with Crippen molar-refractivity contribution in [2.75, 3.05) is 19.4 Å². The van der Waals surface area contributed by atoms with Crippen molar-refractivity contribution < 1.29 is 28.2 Å². The highest BCUT2D eigenvalue weighted by Gasteiger charge is 2.24. The molecule has 8 nitrogen and oxygen atoms in total. The zero-order valence-electron chi connectivity index (χ0n) is 15.2. The lowest BCUT2D eigenvalue weighted by Gasteiger charge is -2.21. The van der Waals surface area contributed by atoms with Gasteiger partial charge in [-0.15, -0.1) is 0 Å². The second kappa shape index (κ2) is 9.02. The first kappa shape index (κ1) is 21.2. The summed E-state index contributed by atoms with van der Waals surface area (Å²) < 4.78 is 22.8. The van der Waals surface area contributed by atoms with Crippen molar-refractivity contribution in [3.8, 4) is 0 Å². The number of hydrogen-bond donors (Lipinski definition) is 3. The Balaban J connectivity index is 2.68. The quantitative estimate of drug-likeness (QED) is 0.517. The number of nitrogens with two attached hydrogens (primary N) is 1. The number of halogens is 1. The summed E-state index contributed by atoms with van der Waals surface area (Å²) in [4.78, 5) is 35.7. The first-order valence-electron chi connectivity index (χ1n) is 7.94. The molecule has 0 aliphatic rings. The molecule has 1 aromatic rings. The molecule has 4 N–H and O–H groups in total. The van der Waals surface area contributed by atoms with Gasteiger partial charge in [0, 0.05) is 12.2 Å². The number of esters is 1. The van der Waals surface area contributed by atoms with Crippen LogP contribution >= 0.6 is 0 Å². The Morgan fingerprint density at radius 1 is 1.27 bits per heavy atom. The van der Waals surface area contributed by atoms with E-state index in [0.29, 0.717) is 0 Å². The van der Waals surface area contributed by atoms with Crippen LogP contribution in [0.5, 0.6) is 0 Å². The van der Waals surface area contributed by atoms with Gasteiger partial charge in [-0.1, -0.05) is 0 Å². The number of hydrogen-bond acceptors (Lipinski definition) is 6. The normalized spacial score (nSPS) is 12.0. The fourth-order valence-corrected chi connectivity index (χ4v) is 2.00. The molecular formula is C17H24FN3O5. The van der Waals surface area contributed by atoms with Gasteiger partial charge >= 0.3 is 12.1 Å². The van der Waals surface area contributed by atoms with E-state index in [2.05, 4.69) is 15.4 Å². The number of carbonyl (C=O) groups is 3. The van der Waals surface area contributed by atoms with Crippen molar-refractivity contribution in [3.63, 3.8) is 0 Å². The molecular weight excluding hydrogens is 345 g/mol. The molecule has 2 amide bonds. The molecule has 0 spiro atoms. The molecule has 0 unspecified atom stereocenters. The van der Waals surface area contributed by atoms with E-state index < -0.39 is 35.4 Å². The van der Waals surface area contributed by atoms with Crippen LogP contribution < -0.4 is 16.4 Å². The average Bonchev–Trinajstić information content (AvgIpc) is 2.51. The molecule has 0 aliphatic heterocycles. The molecule has 0 saturated carbocycles. The van der Waals surface area contributed by atoms with E-state index >= 15 is 0 Å². The number of benzene rings is 1. The fraction of sp³-hybridized carbons (Fsp3) is 0.471. The van der Waals surface area contributed by atoms with Crippen LogP contribution in [0.15, 0.2) is 18.2 Å². The molecule has 9 heteroatoms. The maximum Gasteiger partial charge on any atom is 0.407 e. The van der Waals surface area contributed by atoms with Crippen LogP contribution in [-0.2, 0) is 14.3 Å². The molecule has 1 atom stereocenters. The average molecular weight is 369 g/mol. The van der Waals surface area contributed by atoms with E-state index in [1.54, 1.807) is 20.8 Å². The molecule has 1 rings (SSSR count). The van der Waals surface area contributed by atoms with Gasteiger partial charge in [0.05, 0.1) is 12.7 Å². The number of ether oxygens (including phenoxy) is 2. The van der Waals surface area contributed by atoms with Crippen molar-refractivity contribution >= 4 is 23.7 Å².